The second kappa shape index (κ2) is 53.6. The van der Waals surface area contributed by atoms with Gasteiger partial charge >= 0.3 is 6.09 Å². The fraction of sp³-hybridized carbons (Fsp3) is 0.598. The van der Waals surface area contributed by atoms with E-state index in [1.807, 2.05) is 34.6 Å². The minimum absolute atomic E-state index is 0.0124. The molecule has 4 bridgehead atoms. The molecule has 798 valence electrons. The van der Waals surface area contributed by atoms with Gasteiger partial charge < -0.3 is 124 Å². The molecule has 0 spiro atoms. The average molecular weight is 2050 g/mol. The Morgan fingerprint density at radius 1 is 0.555 bits per heavy atom. The van der Waals surface area contributed by atoms with Crippen molar-refractivity contribution in [3.8, 4) is 5.75 Å². The van der Waals surface area contributed by atoms with Crippen LogP contribution in [-0.4, -0.2) is 319 Å². The number of rotatable bonds is 23. The van der Waals surface area contributed by atoms with E-state index >= 15 is 47.9 Å². The highest BCUT2D eigenvalue weighted by Gasteiger charge is 2.48. The first kappa shape index (κ1) is 115. The first-order chi connectivity index (χ1) is 69.3. The maximum absolute atomic E-state index is 16.1. The van der Waals surface area contributed by atoms with Crippen LogP contribution < -0.4 is 75.3 Å². The number of carbonyl (C=O) groups excluding carboxylic acids is 19. The number of thioether (sulfide) groups is 1. The predicted molar refractivity (Wildman–Crippen MR) is 542 cm³/mol. The number of unbranched alkanes of at least 4 members (excludes halogenated alkanes) is 2. The van der Waals surface area contributed by atoms with Crippen molar-refractivity contribution >= 4 is 146 Å². The molecule has 5 aromatic rings. The van der Waals surface area contributed by atoms with Crippen LogP contribution in [0.25, 0.3) is 21.8 Å². The Hall–Kier alpha value is -13.4. The largest absolute Gasteiger partial charge is 0.508 e. The molecule has 146 heavy (non-hydrogen) atoms. The number of phenolic OH excluding ortho intramolecular Hbond substituents is 1. The lowest BCUT2D eigenvalue weighted by Gasteiger charge is -2.36. The fourth-order valence-electron chi connectivity index (χ4n) is 19.6. The topological polar surface area (TPSA) is 607 Å². The number of alkyl carbamates (subject to hydrolysis) is 1. The highest BCUT2D eigenvalue weighted by atomic mass is 32.2. The Bertz CT molecular complexity index is 5520. The van der Waals surface area contributed by atoms with Gasteiger partial charge in [-0.2, -0.15) is 0 Å². The third kappa shape index (κ3) is 31.3. The zero-order valence-corrected chi connectivity index (χ0v) is 86.4. The van der Waals surface area contributed by atoms with E-state index < -0.39 is 259 Å². The monoisotopic (exact) mass is 2050 g/mol. The van der Waals surface area contributed by atoms with Gasteiger partial charge in [-0.15, -0.1) is 11.8 Å². The number of aromatic nitrogens is 2. The number of nitrogens with one attached hydrogen (secondary N) is 13. The van der Waals surface area contributed by atoms with Crippen molar-refractivity contribution in [2.75, 3.05) is 65.4 Å². The summed E-state index contributed by atoms with van der Waals surface area (Å²) in [6.45, 7) is 15.5. The lowest BCUT2D eigenvalue weighted by atomic mass is 9.75. The van der Waals surface area contributed by atoms with Crippen molar-refractivity contribution in [2.45, 2.75) is 295 Å². The van der Waals surface area contributed by atoms with Crippen LogP contribution in [0, 0.1) is 29.6 Å². The lowest BCUT2D eigenvalue weighted by molar-refractivity contribution is -0.149. The number of hydrogen-bond acceptors (Lipinski definition) is 23. The molecule has 18 atom stereocenters. The number of amides is 19. The summed E-state index contributed by atoms with van der Waals surface area (Å²) in [5.41, 5.74) is 13.9. The van der Waals surface area contributed by atoms with Crippen LogP contribution in [0.5, 0.6) is 5.75 Å². The number of likely N-dealkylation sites (N-methyl/N-ethyl adjacent to an activating group) is 3. The van der Waals surface area contributed by atoms with Crippen LogP contribution >= 0.6 is 11.8 Å². The molecule has 1 aliphatic carbocycles. The normalized spacial score (nSPS) is 26.6. The van der Waals surface area contributed by atoms with Crippen molar-refractivity contribution in [3.63, 3.8) is 0 Å². The summed E-state index contributed by atoms with van der Waals surface area (Å²) in [6.07, 6.45) is 1.68. The summed E-state index contributed by atoms with van der Waals surface area (Å²) in [6, 6.07) is -2.17. The number of aliphatic hydroxyl groups excluding tert-OH is 1. The molecule has 2 aromatic heterocycles. The summed E-state index contributed by atoms with van der Waals surface area (Å²) in [5, 5.41) is 55.7. The molecule has 19 N–H and O–H groups in total. The highest BCUT2D eigenvalue weighted by Crippen LogP contribution is 2.36. The number of aliphatic hydroxyl groups is 1. The summed E-state index contributed by atoms with van der Waals surface area (Å²) in [4.78, 5) is 291. The number of H-pyrrole nitrogens is 1. The van der Waals surface area contributed by atoms with E-state index in [1.54, 1.807) is 93.2 Å². The molecule has 10 rings (SSSR count). The molecule has 0 radical (unpaired) electrons. The number of primary amides is 2. The Morgan fingerprint density at radius 3 is 1.84 bits per heavy atom. The molecule has 43 nitrogen and oxygen atoms in total. The third-order valence-corrected chi connectivity index (χ3v) is 28.9. The Kier molecular flexibility index (Phi) is 42.0. The maximum Gasteiger partial charge on any atom is 0.407 e. The van der Waals surface area contributed by atoms with E-state index in [9.17, 15) is 53.4 Å². The Balaban J connectivity index is 1.05. The second-order valence-corrected chi connectivity index (χ2v) is 41.4. The van der Waals surface area contributed by atoms with Gasteiger partial charge in [-0.25, -0.2) is 4.79 Å². The zero-order chi connectivity index (χ0) is 107. The molecule has 5 aliphatic rings. The Labute approximate surface area is 854 Å². The number of nitrogens with two attached hydrogens (primary N) is 2. The quantitative estimate of drug-likeness (QED) is 0.0435. The van der Waals surface area contributed by atoms with E-state index in [4.69, 9.17) is 16.2 Å². The number of phenols is 1. The van der Waals surface area contributed by atoms with Crippen molar-refractivity contribution in [1.29, 1.82) is 0 Å². The van der Waals surface area contributed by atoms with E-state index in [0.717, 1.165) is 39.3 Å². The van der Waals surface area contributed by atoms with Gasteiger partial charge in [0.2, 0.25) is 106 Å². The molecule has 0 unspecified atom stereocenters. The number of aromatic amines is 1. The van der Waals surface area contributed by atoms with E-state index in [1.165, 1.54) is 62.1 Å². The average Bonchev–Trinajstić information content (AvgIpc) is 1.57. The molecule has 44 heteroatoms. The van der Waals surface area contributed by atoms with Crippen LogP contribution in [0.2, 0.25) is 0 Å². The van der Waals surface area contributed by atoms with Gasteiger partial charge in [-0.3, -0.25) is 86.3 Å². The molecule has 4 aliphatic heterocycles. The van der Waals surface area contributed by atoms with Gasteiger partial charge in [0.1, 0.15) is 103 Å². The predicted octanol–water partition coefficient (Wildman–Crippen LogP) is 1.08. The fourth-order valence-corrected chi connectivity index (χ4v) is 20.5. The third-order valence-electron chi connectivity index (χ3n) is 27.8. The van der Waals surface area contributed by atoms with Crippen LogP contribution in [0.1, 0.15) is 189 Å². The number of hydrogen-bond donors (Lipinski definition) is 17. The smallest absolute Gasteiger partial charge is 0.407 e. The molecule has 19 amide bonds. The van der Waals surface area contributed by atoms with Gasteiger partial charge in [0.15, 0.2) is 0 Å². The number of fused-ring (bicyclic) bond motifs is 11. The minimum atomic E-state index is -1.82. The van der Waals surface area contributed by atoms with Crippen LogP contribution in [0.15, 0.2) is 85.2 Å². The minimum Gasteiger partial charge on any atom is -0.508 e. The summed E-state index contributed by atoms with van der Waals surface area (Å²) >= 11 is 0.791. The van der Waals surface area contributed by atoms with Crippen molar-refractivity contribution < 1.29 is 106 Å². The van der Waals surface area contributed by atoms with Crippen LogP contribution in [0.3, 0.4) is 0 Å². The molecule has 3 saturated heterocycles. The number of para-hydroxylation sites is 2. The van der Waals surface area contributed by atoms with Crippen LogP contribution in [-0.2, 0) is 117 Å². The zero-order valence-electron chi connectivity index (χ0n) is 85.6. The number of aromatic hydroxyl groups is 1. The van der Waals surface area contributed by atoms with Crippen LogP contribution in [0.4, 0.5) is 4.79 Å². The van der Waals surface area contributed by atoms with Crippen molar-refractivity contribution in [2.24, 2.45) is 41.1 Å². The van der Waals surface area contributed by atoms with Gasteiger partial charge in [-0.1, -0.05) is 143 Å². The van der Waals surface area contributed by atoms with E-state index in [-0.39, 0.29) is 113 Å². The summed E-state index contributed by atoms with van der Waals surface area (Å²) in [7, 11) is 3.99. The molecular weight excluding hydrogens is 1900 g/mol. The van der Waals surface area contributed by atoms with E-state index in [0.29, 0.717) is 70.6 Å². The van der Waals surface area contributed by atoms with Crippen molar-refractivity contribution in [1.82, 2.24) is 97.9 Å². The number of ether oxygens (including phenoxy) is 1. The number of carbonyl (C=O) groups is 19. The van der Waals surface area contributed by atoms with Gasteiger partial charge in [0.25, 0.3) is 0 Å². The molecule has 1 saturated carbocycles. The van der Waals surface area contributed by atoms with E-state index in [2.05, 4.69) is 68.8 Å². The molecule has 3 aromatic carbocycles. The number of benzene rings is 3. The molecule has 4 fully saturated rings. The summed E-state index contributed by atoms with van der Waals surface area (Å²) < 4.78 is 7.77. The van der Waals surface area contributed by atoms with Crippen molar-refractivity contribution in [3.05, 3.63) is 102 Å². The standard InChI is InChI=1S/C102H147N21O22S/c1-14-16-26-79-94(136)111-70(39-55(3)4)91(133)117-77(89(131)107-49-85(104)127)53-146-54-87(129)109-73(42-60-31-33-63(124)34-32-60)97(139)118(11)59(10)88(130)113-75(46-84(103)126)99(141)122-38-22-29-80(122)95(137)116-76(48-108-102(144)145-83-41-58(9)30-35-65(83)57(7)8)93(135)114-72(40-56(5)6)100(142)123-51-64(125)45-82(123)96(138)112-71(43-61-47-106-68-25-20-18-23-66(61)68)92(134)110-69-36-37-105-86(128)52-121-50-62(67-24-19-21-28-78(67)121)44-74(115-90(69)132)98(140)120(13)81(27-17-15-2)101(143)119(79)12/h18-21,23-25,28,31-34,47,50,55-59,64-65,69-77,79-83,106,124-125H,14-17,22,26-27,29-30,35-46,48-49,51-54H2,1-13H3,(H2,103,126)(H2,104,127)(H,105,128)(H,107,131)(H,108,144)(H,109,129)(H,110,134)(H,111,136)(H,112,138)(H,113,130)(H,114,135)(H,115,132)(H,116,137)(H,117,133)/t58-,59+,64-,65+,69+,70+,71+,72+,73+,74+,75+,76+,77+,79+,80+,81+,82+,83-/m1/s1. The lowest BCUT2D eigenvalue weighted by Crippen LogP contribution is -2.62. The first-order valence-electron chi connectivity index (χ1n) is 50.7. The highest BCUT2D eigenvalue weighted by molar-refractivity contribution is 8.00. The summed E-state index contributed by atoms with van der Waals surface area (Å²) in [5.74, 6) is -18.0. The molecule has 6 heterocycles. The maximum atomic E-state index is 16.1. The van der Waals surface area contributed by atoms with Gasteiger partial charge in [0, 0.05) is 106 Å². The van der Waals surface area contributed by atoms with Gasteiger partial charge in [0.05, 0.1) is 31.4 Å². The van der Waals surface area contributed by atoms with Gasteiger partial charge in [-0.05, 0) is 135 Å². The number of nitrogens with zero attached hydrogens (tertiary/aromatic N) is 6. The SMILES string of the molecule is CCCC[C@H]1C(=O)N(C)[C@@H](CCCC)C(=O)N[C@@H](CC(C)C)C(=O)N[C@H](C(=O)NCC(N)=O)CSCC(=O)N[C@@H](Cc2ccc(O)cc2)C(=O)N(C)[C@@H](C)C(=O)N[C@@H](CC(N)=O)C(=O)N2CCC[C@H]2C(=O)N[C@@H](CNC(=O)O[C@@H]2C[C@H](C)CC[C@H]2C(C)C)C(=O)N[C@@H](CC(C)C)C(=O)N2C[C@H](O)C[C@H]2C(=O)N[C@@H](Cc2c[nH]c3ccccc23)C(=O)N[C@H]2CCNC(=O)Cn3cc(c4ccccc43)C[C@H](NC2=O)C(=O)N1C. The molecular formula is C102H147N21O22S. The first-order valence-corrected chi connectivity index (χ1v) is 51.8. The Morgan fingerprint density at radius 2 is 1.16 bits per heavy atom. The second-order valence-electron chi connectivity index (χ2n) is 40.4.